The van der Waals surface area contributed by atoms with Crippen LogP contribution >= 0.6 is 0 Å². The molecule has 22 heavy (non-hydrogen) atoms. The van der Waals surface area contributed by atoms with Gasteiger partial charge in [0.1, 0.15) is 12.6 Å². The van der Waals surface area contributed by atoms with Gasteiger partial charge in [-0.1, -0.05) is 12.8 Å². The molecule has 0 aromatic carbocycles. The fraction of sp³-hybridized carbons (Fsp3) is 0.714. The first-order valence-electron chi connectivity index (χ1n) is 7.61. The highest BCUT2D eigenvalue weighted by Crippen LogP contribution is 2.39. The lowest BCUT2D eigenvalue weighted by Gasteiger charge is -2.33. The summed E-state index contributed by atoms with van der Waals surface area (Å²) in [6, 6.07) is -1.52. The Morgan fingerprint density at radius 1 is 1.23 bits per heavy atom. The largest absolute Gasteiger partial charge is 0.480 e. The van der Waals surface area contributed by atoms with Crippen LogP contribution in [0.25, 0.3) is 0 Å². The van der Waals surface area contributed by atoms with E-state index < -0.39 is 29.9 Å². The molecule has 120 valence electrons. The zero-order valence-corrected chi connectivity index (χ0v) is 12.2. The first-order chi connectivity index (χ1) is 10.5. The molecule has 2 heterocycles. The van der Waals surface area contributed by atoms with Crippen molar-refractivity contribution in [1.82, 2.24) is 15.1 Å². The number of urea groups is 1. The van der Waals surface area contributed by atoms with Gasteiger partial charge in [0.25, 0.3) is 5.91 Å². The Balaban J connectivity index is 1.77. The summed E-state index contributed by atoms with van der Waals surface area (Å²) in [7, 11) is 0. The highest BCUT2D eigenvalue weighted by molar-refractivity contribution is 6.04. The first kappa shape index (κ1) is 14.8. The molecular weight excluding hydrogens is 290 g/mol. The number of imide groups is 1. The van der Waals surface area contributed by atoms with Crippen molar-refractivity contribution in [1.29, 1.82) is 0 Å². The number of rotatable bonds is 3. The Bertz CT molecular complexity index is 519. The predicted octanol–water partition coefficient (Wildman–Crippen LogP) is -0.217. The summed E-state index contributed by atoms with van der Waals surface area (Å²) in [4.78, 5) is 49.4. The Kier molecular flexibility index (Phi) is 3.76. The average Bonchev–Trinajstić information content (AvgIpc) is 3.02. The van der Waals surface area contributed by atoms with E-state index in [4.69, 9.17) is 0 Å². The molecular formula is C14H19N3O5. The molecule has 8 nitrogen and oxygen atoms in total. The van der Waals surface area contributed by atoms with Crippen molar-refractivity contribution in [3.63, 3.8) is 0 Å². The van der Waals surface area contributed by atoms with Crippen LogP contribution in [0.5, 0.6) is 0 Å². The predicted molar refractivity (Wildman–Crippen MR) is 73.7 cm³/mol. The molecule has 2 N–H and O–H groups in total. The van der Waals surface area contributed by atoms with Crippen LogP contribution in [0.4, 0.5) is 4.79 Å². The summed E-state index contributed by atoms with van der Waals surface area (Å²) in [5.41, 5.74) is 0. The quantitative estimate of drug-likeness (QED) is 0.701. The van der Waals surface area contributed by atoms with Crippen LogP contribution in [0.15, 0.2) is 0 Å². The number of carbonyl (C=O) groups excluding carboxylic acids is 3. The maximum atomic E-state index is 12.6. The Labute approximate surface area is 127 Å². The fourth-order valence-corrected chi connectivity index (χ4v) is 3.87. The van der Waals surface area contributed by atoms with Crippen molar-refractivity contribution < 1.29 is 24.3 Å². The van der Waals surface area contributed by atoms with Crippen LogP contribution < -0.4 is 5.32 Å². The summed E-state index contributed by atoms with van der Waals surface area (Å²) in [6.07, 6.45) is 4.22. The van der Waals surface area contributed by atoms with E-state index in [-0.39, 0.29) is 25.0 Å². The molecule has 3 atom stereocenters. The average molecular weight is 309 g/mol. The van der Waals surface area contributed by atoms with Gasteiger partial charge >= 0.3 is 12.0 Å². The fourth-order valence-electron chi connectivity index (χ4n) is 3.87. The maximum absolute atomic E-state index is 12.6. The van der Waals surface area contributed by atoms with Gasteiger partial charge < -0.3 is 15.3 Å². The number of likely N-dealkylation sites (tertiary alicyclic amines) is 1. The van der Waals surface area contributed by atoms with Crippen molar-refractivity contribution >= 4 is 23.8 Å². The number of carboxylic acids is 1. The minimum Gasteiger partial charge on any atom is -0.480 e. The lowest BCUT2D eigenvalue weighted by atomic mass is 9.85. The van der Waals surface area contributed by atoms with Gasteiger partial charge in [-0.25, -0.2) is 9.59 Å². The van der Waals surface area contributed by atoms with Gasteiger partial charge in [-0.2, -0.15) is 0 Å². The molecule has 0 aromatic heterocycles. The molecule has 3 fully saturated rings. The molecule has 0 radical (unpaired) electrons. The molecule has 3 unspecified atom stereocenters. The number of nitrogens with one attached hydrogen (secondary N) is 1. The molecule has 4 amide bonds. The van der Waals surface area contributed by atoms with Gasteiger partial charge in [0.15, 0.2) is 0 Å². The summed E-state index contributed by atoms with van der Waals surface area (Å²) in [6.45, 7) is -0.488. The molecule has 1 aliphatic carbocycles. The smallest absolute Gasteiger partial charge is 0.326 e. The van der Waals surface area contributed by atoms with Gasteiger partial charge in [-0.3, -0.25) is 14.5 Å². The van der Waals surface area contributed by atoms with Crippen LogP contribution in [-0.4, -0.2) is 63.9 Å². The van der Waals surface area contributed by atoms with Crippen molar-refractivity contribution in [3.8, 4) is 0 Å². The van der Waals surface area contributed by atoms with Gasteiger partial charge in [0.2, 0.25) is 5.91 Å². The Hall–Kier alpha value is -2.12. The second kappa shape index (κ2) is 5.58. The second-order valence-corrected chi connectivity index (χ2v) is 6.14. The molecule has 2 saturated heterocycles. The number of hydrogen-bond donors (Lipinski definition) is 2. The number of amides is 4. The van der Waals surface area contributed by atoms with Gasteiger partial charge in [-0.05, 0) is 25.2 Å². The lowest BCUT2D eigenvalue weighted by Crippen LogP contribution is -2.51. The highest BCUT2D eigenvalue weighted by atomic mass is 16.4. The SMILES string of the molecule is O=C(O)C1CC2CCCCC2N1C(=O)CN1C(=O)CNC1=O. The molecule has 0 aromatic rings. The van der Waals surface area contributed by atoms with Gasteiger partial charge in [0, 0.05) is 6.04 Å². The highest BCUT2D eigenvalue weighted by Gasteiger charge is 2.48. The Morgan fingerprint density at radius 2 is 1.95 bits per heavy atom. The van der Waals surface area contributed by atoms with E-state index in [1.54, 1.807) is 0 Å². The summed E-state index contributed by atoms with van der Waals surface area (Å²) >= 11 is 0. The van der Waals surface area contributed by atoms with E-state index >= 15 is 0 Å². The van der Waals surface area contributed by atoms with E-state index in [0.717, 1.165) is 30.6 Å². The minimum atomic E-state index is -1.01. The van der Waals surface area contributed by atoms with Crippen LogP contribution in [-0.2, 0) is 14.4 Å². The topological polar surface area (TPSA) is 107 Å². The molecule has 0 bridgehead atoms. The molecule has 8 heteroatoms. The van der Waals surface area contributed by atoms with Crippen molar-refractivity contribution in [2.45, 2.75) is 44.2 Å². The Morgan fingerprint density at radius 3 is 2.59 bits per heavy atom. The summed E-state index contributed by atoms with van der Waals surface area (Å²) in [5, 5.41) is 11.7. The standard InChI is InChI=1S/C14H19N3O5/c18-11-6-15-14(22)16(11)7-12(19)17-9-4-2-1-3-8(9)5-10(17)13(20)21/h8-10H,1-7H2,(H,15,22)(H,20,21). The van der Waals surface area contributed by atoms with E-state index in [1.807, 2.05) is 0 Å². The third-order valence-electron chi connectivity index (χ3n) is 4.89. The van der Waals surface area contributed by atoms with Crippen molar-refractivity contribution in [2.24, 2.45) is 5.92 Å². The summed E-state index contributed by atoms with van der Waals surface area (Å²) in [5.74, 6) is -1.71. The number of carbonyl (C=O) groups is 4. The number of hydrogen-bond acceptors (Lipinski definition) is 4. The molecule has 3 aliphatic rings. The van der Waals surface area contributed by atoms with E-state index in [1.165, 1.54) is 4.90 Å². The molecule has 0 spiro atoms. The lowest BCUT2D eigenvalue weighted by molar-refractivity contribution is -0.150. The number of aliphatic carboxylic acids is 1. The van der Waals surface area contributed by atoms with Crippen LogP contribution in [0.3, 0.4) is 0 Å². The number of fused-ring (bicyclic) bond motifs is 1. The number of nitrogens with zero attached hydrogens (tertiary/aromatic N) is 2. The number of carboxylic acid groups (broad SMARTS) is 1. The van der Waals surface area contributed by atoms with Crippen LogP contribution in [0.2, 0.25) is 0 Å². The zero-order chi connectivity index (χ0) is 15.9. The monoisotopic (exact) mass is 309 g/mol. The third-order valence-corrected chi connectivity index (χ3v) is 4.89. The van der Waals surface area contributed by atoms with Crippen LogP contribution in [0.1, 0.15) is 32.1 Å². The maximum Gasteiger partial charge on any atom is 0.326 e. The summed E-state index contributed by atoms with van der Waals surface area (Å²) < 4.78 is 0. The van der Waals surface area contributed by atoms with Gasteiger partial charge in [0.05, 0.1) is 6.54 Å². The normalized spacial score (nSPS) is 31.2. The third kappa shape index (κ3) is 2.42. The zero-order valence-electron chi connectivity index (χ0n) is 12.2. The first-order valence-corrected chi connectivity index (χ1v) is 7.61. The van der Waals surface area contributed by atoms with Crippen LogP contribution in [0, 0.1) is 5.92 Å². The molecule has 1 saturated carbocycles. The minimum absolute atomic E-state index is 0.0804. The van der Waals surface area contributed by atoms with E-state index in [2.05, 4.69) is 5.32 Å². The van der Waals surface area contributed by atoms with Gasteiger partial charge in [-0.15, -0.1) is 0 Å². The van der Waals surface area contributed by atoms with Crippen molar-refractivity contribution in [3.05, 3.63) is 0 Å². The molecule has 2 aliphatic heterocycles. The van der Waals surface area contributed by atoms with Crippen molar-refractivity contribution in [2.75, 3.05) is 13.1 Å². The van der Waals surface area contributed by atoms with E-state index in [9.17, 15) is 24.3 Å². The van der Waals surface area contributed by atoms with E-state index in [0.29, 0.717) is 6.42 Å². The molecule has 3 rings (SSSR count). The second-order valence-electron chi connectivity index (χ2n) is 6.14.